The van der Waals surface area contributed by atoms with Gasteiger partial charge in [-0.25, -0.2) is 4.79 Å². The van der Waals surface area contributed by atoms with Gasteiger partial charge in [-0.1, -0.05) is 18.2 Å². The van der Waals surface area contributed by atoms with Crippen LogP contribution in [-0.2, 0) is 36.8 Å². The molecule has 1 aliphatic heterocycles. The third-order valence-electron chi connectivity index (χ3n) is 5.80. The third kappa shape index (κ3) is 3.12. The molecule has 0 unspecified atom stereocenters. The van der Waals surface area contributed by atoms with Crippen molar-refractivity contribution in [1.82, 2.24) is 0 Å². The Kier molecular flexibility index (Phi) is 5.62. The van der Waals surface area contributed by atoms with Crippen molar-refractivity contribution in [2.75, 3.05) is 0 Å². The fourth-order valence-corrected chi connectivity index (χ4v) is 4.22. The van der Waals surface area contributed by atoms with E-state index in [1.54, 1.807) is 24.3 Å². The second kappa shape index (κ2) is 8.25. The molecule has 0 bridgehead atoms. The molecular weight excluding hydrogens is 416 g/mol. The van der Waals surface area contributed by atoms with Crippen molar-refractivity contribution >= 4 is 5.97 Å². The van der Waals surface area contributed by atoms with Crippen molar-refractivity contribution in [3.63, 3.8) is 0 Å². The van der Waals surface area contributed by atoms with Crippen molar-refractivity contribution in [3.05, 3.63) is 93.0 Å². The standard InChI is InChI=1S/C24H22O8/c25-9-13-5-17(6-14(10-26)21(13)29)24(20-4-2-1-3-19(20)23(31)32-24)18-7-15(11-27)22(30)16(8-18)12-28/h1-8,25-30H,9-12H2. The first-order valence-electron chi connectivity index (χ1n) is 9.88. The Hall–Kier alpha value is -3.43. The van der Waals surface area contributed by atoms with Crippen LogP contribution >= 0.6 is 0 Å². The molecule has 0 saturated heterocycles. The van der Waals surface area contributed by atoms with Gasteiger partial charge in [0.05, 0.1) is 32.0 Å². The number of phenols is 2. The minimum Gasteiger partial charge on any atom is -0.507 e. The lowest BCUT2D eigenvalue weighted by Gasteiger charge is -2.32. The summed E-state index contributed by atoms with van der Waals surface area (Å²) in [5, 5.41) is 59.7. The van der Waals surface area contributed by atoms with Gasteiger partial charge in [-0.3, -0.25) is 0 Å². The van der Waals surface area contributed by atoms with Crippen molar-refractivity contribution in [1.29, 1.82) is 0 Å². The van der Waals surface area contributed by atoms with E-state index >= 15 is 0 Å². The Labute approximate surface area is 183 Å². The molecule has 0 amide bonds. The van der Waals surface area contributed by atoms with Gasteiger partial charge in [-0.2, -0.15) is 0 Å². The number of carbonyl (C=O) groups excluding carboxylic acids is 1. The quantitative estimate of drug-likeness (QED) is 0.318. The van der Waals surface area contributed by atoms with Crippen LogP contribution in [0.3, 0.4) is 0 Å². The average Bonchev–Trinajstić information content (AvgIpc) is 3.13. The molecule has 0 aromatic heterocycles. The van der Waals surface area contributed by atoms with Gasteiger partial charge in [-0.05, 0) is 30.3 Å². The number of aliphatic hydroxyl groups excluding tert-OH is 4. The molecule has 8 heteroatoms. The van der Waals surface area contributed by atoms with E-state index in [2.05, 4.69) is 0 Å². The van der Waals surface area contributed by atoms with Gasteiger partial charge in [-0.15, -0.1) is 0 Å². The summed E-state index contributed by atoms with van der Waals surface area (Å²) in [5.74, 6) is -1.16. The molecule has 0 atom stereocenters. The van der Waals surface area contributed by atoms with Crippen molar-refractivity contribution < 1.29 is 40.2 Å². The molecule has 0 spiro atoms. The number of cyclic esters (lactones) is 1. The molecule has 1 aliphatic rings. The smallest absolute Gasteiger partial charge is 0.340 e. The number of aliphatic hydroxyl groups is 4. The predicted molar refractivity (Wildman–Crippen MR) is 112 cm³/mol. The highest BCUT2D eigenvalue weighted by molar-refractivity contribution is 5.96. The molecule has 166 valence electrons. The summed E-state index contributed by atoms with van der Waals surface area (Å²) >= 11 is 0. The second-order valence-corrected chi connectivity index (χ2v) is 7.53. The maximum atomic E-state index is 12.9. The van der Waals surface area contributed by atoms with Crippen LogP contribution in [0.4, 0.5) is 0 Å². The molecule has 6 N–H and O–H groups in total. The lowest BCUT2D eigenvalue weighted by molar-refractivity contribution is 0.0250. The number of hydrogen-bond acceptors (Lipinski definition) is 8. The average molecular weight is 438 g/mol. The summed E-state index contributed by atoms with van der Waals surface area (Å²) in [6.45, 7) is -2.12. The van der Waals surface area contributed by atoms with Crippen LogP contribution in [0.2, 0.25) is 0 Å². The van der Waals surface area contributed by atoms with Gasteiger partial charge in [0.15, 0.2) is 5.60 Å². The molecule has 8 nitrogen and oxygen atoms in total. The second-order valence-electron chi connectivity index (χ2n) is 7.53. The third-order valence-corrected chi connectivity index (χ3v) is 5.80. The molecule has 0 saturated carbocycles. The molecule has 0 radical (unpaired) electrons. The number of esters is 1. The number of ether oxygens (including phenoxy) is 1. The SMILES string of the molecule is O=C1OC(c2cc(CO)c(O)c(CO)c2)(c2cc(CO)c(O)c(CO)c2)c2ccccc21. The number of rotatable bonds is 6. The van der Waals surface area contributed by atoms with Crippen molar-refractivity contribution in [3.8, 4) is 11.5 Å². The minimum absolute atomic E-state index is 0.120. The normalized spacial score (nSPS) is 14.3. The van der Waals surface area contributed by atoms with Crippen LogP contribution in [0.1, 0.15) is 49.3 Å². The van der Waals surface area contributed by atoms with E-state index in [4.69, 9.17) is 4.74 Å². The largest absolute Gasteiger partial charge is 0.507 e. The maximum absolute atomic E-state index is 12.9. The van der Waals surface area contributed by atoms with E-state index in [1.165, 1.54) is 24.3 Å². The number of aromatic hydroxyl groups is 2. The van der Waals surface area contributed by atoms with Gasteiger partial charge in [0.25, 0.3) is 0 Å². The Morgan fingerprint density at radius 2 is 1.09 bits per heavy atom. The maximum Gasteiger partial charge on any atom is 0.340 e. The van der Waals surface area contributed by atoms with Crippen LogP contribution in [0.5, 0.6) is 11.5 Å². The van der Waals surface area contributed by atoms with E-state index in [-0.39, 0.29) is 33.8 Å². The molecule has 0 fully saturated rings. The van der Waals surface area contributed by atoms with Crippen LogP contribution in [0, 0.1) is 0 Å². The molecule has 1 heterocycles. The van der Waals surface area contributed by atoms with E-state index in [0.717, 1.165) is 0 Å². The first kappa shape index (κ1) is 21.8. The first-order valence-corrected chi connectivity index (χ1v) is 9.88. The zero-order valence-corrected chi connectivity index (χ0v) is 16.9. The Balaban J connectivity index is 2.12. The summed E-state index contributed by atoms with van der Waals surface area (Å²) in [4.78, 5) is 12.9. The van der Waals surface area contributed by atoms with Gasteiger partial charge in [0.1, 0.15) is 11.5 Å². The van der Waals surface area contributed by atoms with Crippen LogP contribution in [-0.4, -0.2) is 36.6 Å². The predicted octanol–water partition coefficient (Wildman–Crippen LogP) is 1.53. The molecular formula is C24H22O8. The Morgan fingerprint density at radius 3 is 1.50 bits per heavy atom. The van der Waals surface area contributed by atoms with Gasteiger partial charge >= 0.3 is 5.97 Å². The summed E-state index contributed by atoms with van der Waals surface area (Å²) < 4.78 is 5.94. The highest BCUT2D eigenvalue weighted by Gasteiger charge is 2.49. The monoisotopic (exact) mass is 438 g/mol. The highest BCUT2D eigenvalue weighted by Crippen LogP contribution is 2.49. The Morgan fingerprint density at radius 1 is 0.688 bits per heavy atom. The van der Waals surface area contributed by atoms with Crippen molar-refractivity contribution in [2.45, 2.75) is 32.0 Å². The topological polar surface area (TPSA) is 148 Å². The van der Waals surface area contributed by atoms with Crippen molar-refractivity contribution in [2.24, 2.45) is 0 Å². The zero-order valence-electron chi connectivity index (χ0n) is 16.9. The summed E-state index contributed by atoms with van der Waals surface area (Å²) in [6, 6.07) is 12.6. The Bertz CT molecular complexity index is 1090. The molecule has 0 aliphatic carbocycles. The number of fused-ring (bicyclic) bond motifs is 1. The van der Waals surface area contributed by atoms with Gasteiger partial charge < -0.3 is 35.4 Å². The fraction of sp³-hybridized carbons (Fsp3) is 0.208. The molecule has 4 rings (SSSR count). The summed E-state index contributed by atoms with van der Waals surface area (Å²) in [7, 11) is 0. The number of carbonyl (C=O) groups is 1. The minimum atomic E-state index is -1.59. The van der Waals surface area contributed by atoms with E-state index < -0.39 is 38.0 Å². The van der Waals surface area contributed by atoms with Gasteiger partial charge in [0.2, 0.25) is 0 Å². The van der Waals surface area contributed by atoms with Crippen LogP contribution in [0.25, 0.3) is 0 Å². The molecule has 3 aromatic rings. The number of hydrogen-bond donors (Lipinski definition) is 6. The fourth-order valence-electron chi connectivity index (χ4n) is 4.22. The zero-order chi connectivity index (χ0) is 23.0. The lowest BCUT2D eigenvalue weighted by Crippen LogP contribution is -2.30. The summed E-state index contributed by atoms with van der Waals surface area (Å²) in [6.07, 6.45) is 0. The first-order chi connectivity index (χ1) is 15.4. The summed E-state index contributed by atoms with van der Waals surface area (Å²) in [5.41, 5.74) is 0.314. The molecule has 32 heavy (non-hydrogen) atoms. The van der Waals surface area contributed by atoms with Crippen LogP contribution < -0.4 is 0 Å². The van der Waals surface area contributed by atoms with Crippen LogP contribution in [0.15, 0.2) is 48.5 Å². The van der Waals surface area contributed by atoms with E-state index in [1.807, 2.05) is 0 Å². The highest BCUT2D eigenvalue weighted by atomic mass is 16.6. The molecule has 3 aromatic carbocycles. The van der Waals surface area contributed by atoms with E-state index in [0.29, 0.717) is 22.3 Å². The van der Waals surface area contributed by atoms with E-state index in [9.17, 15) is 35.4 Å². The lowest BCUT2D eigenvalue weighted by atomic mass is 9.77. The van der Waals surface area contributed by atoms with Gasteiger partial charge in [0, 0.05) is 38.9 Å². The number of benzene rings is 3.